The largest absolute Gasteiger partial charge is 0.240 e. The number of hydrogen-bond acceptors (Lipinski definition) is 4. The first-order valence-electron chi connectivity index (χ1n) is 6.35. The van der Waals surface area contributed by atoms with Crippen molar-refractivity contribution in [1.29, 1.82) is 0 Å². The first-order chi connectivity index (χ1) is 9.81. The fraction of sp³-hybridized carbons (Fsp3) is 0.0625. The molecule has 4 heteroatoms. The second-order valence-corrected chi connectivity index (χ2v) is 6.72. The lowest BCUT2D eigenvalue weighted by Gasteiger charge is -2.02. The number of thiazole rings is 2. The molecule has 20 heavy (non-hydrogen) atoms. The summed E-state index contributed by atoms with van der Waals surface area (Å²) in [5, 5.41) is 2.07. The average Bonchev–Trinajstić information content (AvgIpc) is 3.10. The van der Waals surface area contributed by atoms with Crippen LogP contribution in [-0.2, 0) is 0 Å². The van der Waals surface area contributed by atoms with E-state index in [-0.39, 0.29) is 5.92 Å². The maximum Gasteiger partial charge on any atom is 0.104 e. The highest BCUT2D eigenvalue weighted by atomic mass is 32.1. The van der Waals surface area contributed by atoms with E-state index in [1.54, 1.807) is 22.7 Å². The Morgan fingerprint density at radius 2 is 1.20 bits per heavy atom. The monoisotopic (exact) mass is 295 g/mol. The van der Waals surface area contributed by atoms with Crippen LogP contribution in [0.5, 0.6) is 0 Å². The molecule has 0 N–H and O–H groups in total. The zero-order valence-corrected chi connectivity index (χ0v) is 12.2. The predicted octanol–water partition coefficient (Wildman–Crippen LogP) is 4.87. The molecular weight excluding hydrogens is 284 g/mol. The molecule has 4 rings (SSSR count). The Kier molecular flexibility index (Phi) is 2.79. The third-order valence-corrected chi connectivity index (χ3v) is 5.52. The number of benzene rings is 2. The van der Waals surface area contributed by atoms with Crippen molar-refractivity contribution >= 4 is 43.1 Å². The Balaban J connectivity index is 1.80. The van der Waals surface area contributed by atoms with Crippen LogP contribution in [0, 0.1) is 6.92 Å². The highest BCUT2D eigenvalue weighted by molar-refractivity contribution is 7.20. The Bertz CT molecular complexity index is 751. The van der Waals surface area contributed by atoms with E-state index in [0.29, 0.717) is 0 Å². The second kappa shape index (κ2) is 4.65. The minimum Gasteiger partial charge on any atom is -0.240 e. The zero-order valence-electron chi connectivity index (χ0n) is 10.6. The van der Waals surface area contributed by atoms with Crippen molar-refractivity contribution in [3.8, 4) is 0 Å². The van der Waals surface area contributed by atoms with E-state index < -0.39 is 0 Å². The highest BCUT2D eigenvalue weighted by Crippen LogP contribution is 2.34. The molecule has 2 nitrogen and oxygen atoms in total. The molecule has 0 atom stereocenters. The van der Waals surface area contributed by atoms with Crippen molar-refractivity contribution in [1.82, 2.24) is 9.97 Å². The quantitative estimate of drug-likeness (QED) is 0.527. The number of aromatic nitrogens is 2. The Labute approximate surface area is 124 Å². The molecular formula is C16H11N2S2. The molecule has 0 fully saturated rings. The first kappa shape index (κ1) is 12.0. The summed E-state index contributed by atoms with van der Waals surface area (Å²) in [7, 11) is 0. The number of hydrogen-bond donors (Lipinski definition) is 0. The van der Waals surface area contributed by atoms with Crippen molar-refractivity contribution in [2.24, 2.45) is 0 Å². The number of rotatable bonds is 2. The van der Waals surface area contributed by atoms with Crippen molar-refractivity contribution in [3.05, 3.63) is 65.5 Å². The van der Waals surface area contributed by atoms with Gasteiger partial charge in [0.25, 0.3) is 0 Å². The van der Waals surface area contributed by atoms with Crippen LogP contribution in [0.3, 0.4) is 0 Å². The summed E-state index contributed by atoms with van der Waals surface area (Å²) in [4.78, 5) is 9.36. The molecule has 0 saturated heterocycles. The van der Waals surface area contributed by atoms with E-state index in [1.807, 2.05) is 36.4 Å². The molecule has 2 heterocycles. The van der Waals surface area contributed by atoms with Gasteiger partial charge in [-0.2, -0.15) is 0 Å². The molecule has 0 aliphatic heterocycles. The van der Waals surface area contributed by atoms with Crippen LogP contribution in [0.15, 0.2) is 48.5 Å². The molecule has 0 saturated carbocycles. The highest BCUT2D eigenvalue weighted by Gasteiger charge is 2.17. The van der Waals surface area contributed by atoms with Crippen molar-refractivity contribution in [2.75, 3.05) is 0 Å². The smallest absolute Gasteiger partial charge is 0.104 e. The van der Waals surface area contributed by atoms with Gasteiger partial charge in [0.1, 0.15) is 10.0 Å². The fourth-order valence-corrected chi connectivity index (χ4v) is 4.23. The van der Waals surface area contributed by atoms with Gasteiger partial charge in [-0.05, 0) is 31.2 Å². The molecule has 0 amide bonds. The van der Waals surface area contributed by atoms with Gasteiger partial charge in [0.15, 0.2) is 0 Å². The van der Waals surface area contributed by atoms with Gasteiger partial charge >= 0.3 is 0 Å². The molecule has 97 valence electrons. The molecule has 0 unspecified atom stereocenters. The molecule has 0 aliphatic rings. The standard InChI is InChI=1S/C16H11N2S2/c1-10(15-17-11-6-2-4-8-13(11)19-15)16-18-12-7-3-5-9-14(12)20-16/h2-10H,1H2. The lowest BCUT2D eigenvalue weighted by Crippen LogP contribution is -1.94. The van der Waals surface area contributed by atoms with E-state index in [0.717, 1.165) is 21.0 Å². The first-order valence-corrected chi connectivity index (χ1v) is 7.98. The molecule has 2 aromatic carbocycles. The third kappa shape index (κ3) is 1.92. The zero-order chi connectivity index (χ0) is 13.5. The van der Waals surface area contributed by atoms with Crippen LogP contribution >= 0.6 is 22.7 Å². The fourth-order valence-electron chi connectivity index (χ4n) is 2.18. The van der Waals surface area contributed by atoms with E-state index >= 15 is 0 Å². The second-order valence-electron chi connectivity index (χ2n) is 4.59. The van der Waals surface area contributed by atoms with Gasteiger partial charge in [0.2, 0.25) is 0 Å². The number of fused-ring (bicyclic) bond motifs is 2. The summed E-state index contributed by atoms with van der Waals surface area (Å²) in [6, 6.07) is 16.4. The van der Waals surface area contributed by atoms with Gasteiger partial charge in [-0.15, -0.1) is 22.7 Å². The SMILES string of the molecule is [CH2]C(c1nc2ccccc2s1)c1nc2ccccc2s1. The molecule has 0 spiro atoms. The summed E-state index contributed by atoms with van der Waals surface area (Å²) in [6.45, 7) is 4.26. The summed E-state index contributed by atoms with van der Waals surface area (Å²) in [5.41, 5.74) is 2.09. The molecule has 0 aliphatic carbocycles. The van der Waals surface area contributed by atoms with Crippen LogP contribution in [0.4, 0.5) is 0 Å². The minimum absolute atomic E-state index is 0.00444. The lowest BCUT2D eigenvalue weighted by molar-refractivity contribution is 0.987. The topological polar surface area (TPSA) is 25.8 Å². The Morgan fingerprint density at radius 1 is 0.750 bits per heavy atom. The van der Waals surface area contributed by atoms with E-state index in [1.165, 1.54) is 9.40 Å². The van der Waals surface area contributed by atoms with Crippen molar-refractivity contribution < 1.29 is 0 Å². The summed E-state index contributed by atoms with van der Waals surface area (Å²) in [6.07, 6.45) is 0. The number of nitrogens with zero attached hydrogens (tertiary/aromatic N) is 2. The molecule has 0 bridgehead atoms. The predicted molar refractivity (Wildman–Crippen MR) is 86.4 cm³/mol. The number of para-hydroxylation sites is 2. The van der Waals surface area contributed by atoms with Crippen LogP contribution in [0.2, 0.25) is 0 Å². The van der Waals surface area contributed by atoms with Crippen LogP contribution in [-0.4, -0.2) is 9.97 Å². The van der Waals surface area contributed by atoms with Gasteiger partial charge in [0, 0.05) is 0 Å². The van der Waals surface area contributed by atoms with Gasteiger partial charge in [-0.1, -0.05) is 24.3 Å². The van der Waals surface area contributed by atoms with Gasteiger partial charge in [-0.25, -0.2) is 9.97 Å². The Hall–Kier alpha value is -1.78. The summed E-state index contributed by atoms with van der Waals surface area (Å²) in [5.74, 6) is 0.00444. The minimum atomic E-state index is 0.00444. The van der Waals surface area contributed by atoms with E-state index in [2.05, 4.69) is 29.0 Å². The van der Waals surface area contributed by atoms with Gasteiger partial charge in [0.05, 0.1) is 26.4 Å². The summed E-state index contributed by atoms with van der Waals surface area (Å²) >= 11 is 3.41. The van der Waals surface area contributed by atoms with Crippen molar-refractivity contribution in [3.63, 3.8) is 0 Å². The molecule has 2 aromatic heterocycles. The van der Waals surface area contributed by atoms with Crippen LogP contribution in [0.25, 0.3) is 20.4 Å². The van der Waals surface area contributed by atoms with Crippen molar-refractivity contribution in [2.45, 2.75) is 5.92 Å². The normalized spacial score (nSPS) is 11.7. The van der Waals surface area contributed by atoms with Gasteiger partial charge < -0.3 is 0 Å². The summed E-state index contributed by atoms with van der Waals surface area (Å²) < 4.78 is 2.41. The maximum atomic E-state index is 4.68. The van der Waals surface area contributed by atoms with Crippen LogP contribution in [0.1, 0.15) is 15.9 Å². The van der Waals surface area contributed by atoms with E-state index in [9.17, 15) is 0 Å². The van der Waals surface area contributed by atoms with Crippen LogP contribution < -0.4 is 0 Å². The average molecular weight is 295 g/mol. The third-order valence-electron chi connectivity index (χ3n) is 3.22. The molecule has 1 radical (unpaired) electrons. The van der Waals surface area contributed by atoms with E-state index in [4.69, 9.17) is 0 Å². The van der Waals surface area contributed by atoms with Gasteiger partial charge in [-0.3, -0.25) is 0 Å². The Morgan fingerprint density at radius 3 is 1.65 bits per heavy atom. The maximum absolute atomic E-state index is 4.68. The molecule has 4 aromatic rings. The lowest BCUT2D eigenvalue weighted by atomic mass is 10.2.